The zero-order valence-corrected chi connectivity index (χ0v) is 12.3. The summed E-state index contributed by atoms with van der Waals surface area (Å²) in [6.45, 7) is 3.53. The van der Waals surface area contributed by atoms with Crippen molar-refractivity contribution < 1.29 is 19.1 Å². The summed E-state index contributed by atoms with van der Waals surface area (Å²) in [6, 6.07) is 5.52. The quantitative estimate of drug-likeness (QED) is 0.889. The fourth-order valence-corrected chi connectivity index (χ4v) is 2.23. The molecule has 114 valence electrons. The zero-order valence-electron chi connectivity index (χ0n) is 12.3. The van der Waals surface area contributed by atoms with Crippen molar-refractivity contribution >= 4 is 23.2 Å². The predicted molar refractivity (Wildman–Crippen MR) is 79.5 cm³/mol. The van der Waals surface area contributed by atoms with E-state index in [9.17, 15) is 9.59 Å². The minimum Gasteiger partial charge on any atom is -0.384 e. The van der Waals surface area contributed by atoms with Crippen LogP contribution in [-0.2, 0) is 19.1 Å². The fraction of sp³-hybridized carbons (Fsp3) is 0.467. The van der Waals surface area contributed by atoms with Crippen molar-refractivity contribution in [3.8, 4) is 0 Å². The molecule has 1 aromatic rings. The molecule has 6 heteroatoms. The summed E-state index contributed by atoms with van der Waals surface area (Å²) in [5, 5.41) is 2.81. The average Bonchev–Trinajstić information content (AvgIpc) is 2.46. The highest BCUT2D eigenvalue weighted by Crippen LogP contribution is 2.25. The first-order valence-corrected chi connectivity index (χ1v) is 6.89. The fourth-order valence-electron chi connectivity index (χ4n) is 2.23. The molecule has 21 heavy (non-hydrogen) atoms. The molecule has 2 rings (SSSR count). The van der Waals surface area contributed by atoms with Crippen LogP contribution >= 0.6 is 0 Å². The average molecular weight is 292 g/mol. The van der Waals surface area contributed by atoms with Crippen molar-refractivity contribution in [3.63, 3.8) is 0 Å². The first-order chi connectivity index (χ1) is 10.1. The smallest absolute Gasteiger partial charge is 0.253 e. The number of benzene rings is 1. The molecule has 6 nitrogen and oxygen atoms in total. The van der Waals surface area contributed by atoms with E-state index in [1.165, 1.54) is 0 Å². The second-order valence-corrected chi connectivity index (χ2v) is 4.89. The van der Waals surface area contributed by atoms with Crippen molar-refractivity contribution in [2.45, 2.75) is 13.3 Å². The summed E-state index contributed by atoms with van der Waals surface area (Å²) in [5.41, 5.74) is 2.52. The summed E-state index contributed by atoms with van der Waals surface area (Å²) in [6.07, 6.45) is 0.319. The van der Waals surface area contributed by atoms with Crippen LogP contribution in [0, 0.1) is 6.92 Å². The van der Waals surface area contributed by atoms with Gasteiger partial charge in [0.2, 0.25) is 5.91 Å². The lowest BCUT2D eigenvalue weighted by atomic mass is 10.1. The van der Waals surface area contributed by atoms with E-state index in [1.807, 2.05) is 19.1 Å². The number of ether oxygens (including phenoxy) is 2. The maximum absolute atomic E-state index is 11.8. The van der Waals surface area contributed by atoms with Crippen LogP contribution in [-0.4, -0.2) is 45.3 Å². The number of nitrogens with one attached hydrogen (secondary N) is 1. The molecule has 0 unspecified atom stereocenters. The van der Waals surface area contributed by atoms with Gasteiger partial charge in [-0.2, -0.15) is 0 Å². The van der Waals surface area contributed by atoms with Crippen LogP contribution in [0.1, 0.15) is 12.0 Å². The molecule has 1 fully saturated rings. The molecule has 0 saturated carbocycles. The van der Waals surface area contributed by atoms with E-state index in [1.54, 1.807) is 18.1 Å². The number of hydrogen-bond donors (Lipinski definition) is 1. The van der Waals surface area contributed by atoms with E-state index in [0.717, 1.165) is 16.9 Å². The summed E-state index contributed by atoms with van der Waals surface area (Å²) >= 11 is 0. The van der Waals surface area contributed by atoms with Gasteiger partial charge in [0.15, 0.2) is 0 Å². The Morgan fingerprint density at radius 3 is 2.95 bits per heavy atom. The molecule has 1 saturated heterocycles. The van der Waals surface area contributed by atoms with Crippen molar-refractivity contribution in [2.75, 3.05) is 43.7 Å². The van der Waals surface area contributed by atoms with Crippen LogP contribution in [0.5, 0.6) is 0 Å². The Bertz CT molecular complexity index is 530. The molecular formula is C15H20N2O4. The maximum Gasteiger partial charge on any atom is 0.253 e. The highest BCUT2D eigenvalue weighted by atomic mass is 16.5. The molecule has 0 bridgehead atoms. The van der Waals surface area contributed by atoms with E-state index in [4.69, 9.17) is 9.47 Å². The van der Waals surface area contributed by atoms with Gasteiger partial charge >= 0.3 is 0 Å². The molecule has 0 aliphatic carbocycles. The van der Waals surface area contributed by atoms with Crippen molar-refractivity contribution in [2.24, 2.45) is 0 Å². The monoisotopic (exact) mass is 292 g/mol. The van der Waals surface area contributed by atoms with E-state index < -0.39 is 0 Å². The molecule has 0 atom stereocenters. The number of carbonyl (C=O) groups is 2. The number of anilines is 2. The van der Waals surface area contributed by atoms with Gasteiger partial charge < -0.3 is 19.7 Å². The SMILES string of the molecule is COCCC(=O)Nc1ccc(N2CCOCC2=O)c(C)c1. The summed E-state index contributed by atoms with van der Waals surface area (Å²) in [7, 11) is 1.56. The van der Waals surface area contributed by atoms with Gasteiger partial charge in [-0.25, -0.2) is 0 Å². The maximum atomic E-state index is 11.8. The number of carbonyl (C=O) groups excluding carboxylic acids is 2. The highest BCUT2D eigenvalue weighted by Gasteiger charge is 2.21. The van der Waals surface area contributed by atoms with Gasteiger partial charge in [-0.15, -0.1) is 0 Å². The summed E-state index contributed by atoms with van der Waals surface area (Å²) in [4.78, 5) is 25.2. The summed E-state index contributed by atoms with van der Waals surface area (Å²) in [5.74, 6) is -0.132. The second-order valence-electron chi connectivity index (χ2n) is 4.89. The Morgan fingerprint density at radius 2 is 2.29 bits per heavy atom. The topological polar surface area (TPSA) is 67.9 Å². The Hall–Kier alpha value is -1.92. The van der Waals surface area contributed by atoms with E-state index >= 15 is 0 Å². The first kappa shape index (κ1) is 15.5. The lowest BCUT2D eigenvalue weighted by molar-refractivity contribution is -0.125. The molecule has 0 spiro atoms. The third-order valence-electron chi connectivity index (χ3n) is 3.29. The third kappa shape index (κ3) is 4.03. The largest absolute Gasteiger partial charge is 0.384 e. The van der Waals surface area contributed by atoms with Gasteiger partial charge in [0, 0.05) is 25.0 Å². The number of morpholine rings is 1. The standard InChI is InChI=1S/C15H20N2O4/c1-11-9-12(16-14(18)5-7-20-2)3-4-13(11)17-6-8-21-10-15(17)19/h3-4,9H,5-8,10H2,1-2H3,(H,16,18). The lowest BCUT2D eigenvalue weighted by Crippen LogP contribution is -2.42. The van der Waals surface area contributed by atoms with Crippen LogP contribution in [0.3, 0.4) is 0 Å². The number of amides is 2. The van der Waals surface area contributed by atoms with Gasteiger partial charge in [0.25, 0.3) is 5.91 Å². The third-order valence-corrected chi connectivity index (χ3v) is 3.29. The molecule has 1 N–H and O–H groups in total. The van der Waals surface area contributed by atoms with Crippen molar-refractivity contribution in [3.05, 3.63) is 23.8 Å². The number of nitrogens with zero attached hydrogens (tertiary/aromatic N) is 1. The number of methoxy groups -OCH3 is 1. The van der Waals surface area contributed by atoms with Gasteiger partial charge in [-0.05, 0) is 30.7 Å². The van der Waals surface area contributed by atoms with E-state index in [0.29, 0.717) is 26.2 Å². The first-order valence-electron chi connectivity index (χ1n) is 6.89. The molecule has 0 aromatic heterocycles. The number of aryl methyl sites for hydroxylation is 1. The molecule has 0 radical (unpaired) electrons. The normalized spacial score (nSPS) is 15.1. The molecule has 1 heterocycles. The molecule has 2 amide bonds. The zero-order chi connectivity index (χ0) is 15.2. The van der Waals surface area contributed by atoms with E-state index in [-0.39, 0.29) is 18.4 Å². The Balaban J connectivity index is 2.06. The van der Waals surface area contributed by atoms with Crippen LogP contribution in [0.25, 0.3) is 0 Å². The Morgan fingerprint density at radius 1 is 1.48 bits per heavy atom. The summed E-state index contributed by atoms with van der Waals surface area (Å²) < 4.78 is 9.99. The van der Waals surface area contributed by atoms with Crippen molar-refractivity contribution in [1.82, 2.24) is 0 Å². The highest BCUT2D eigenvalue weighted by molar-refractivity contribution is 5.96. The predicted octanol–water partition coefficient (Wildman–Crippen LogP) is 1.33. The van der Waals surface area contributed by atoms with Gasteiger partial charge in [0.1, 0.15) is 6.61 Å². The van der Waals surface area contributed by atoms with E-state index in [2.05, 4.69) is 5.32 Å². The molecule has 1 aromatic carbocycles. The van der Waals surface area contributed by atoms with Crippen LogP contribution < -0.4 is 10.2 Å². The molecule has 1 aliphatic heterocycles. The van der Waals surface area contributed by atoms with Crippen LogP contribution in [0.15, 0.2) is 18.2 Å². The van der Waals surface area contributed by atoms with Crippen LogP contribution in [0.4, 0.5) is 11.4 Å². The number of hydrogen-bond acceptors (Lipinski definition) is 4. The Labute approximate surface area is 124 Å². The Kier molecular flexibility index (Phi) is 5.30. The van der Waals surface area contributed by atoms with Crippen LogP contribution in [0.2, 0.25) is 0 Å². The lowest BCUT2D eigenvalue weighted by Gasteiger charge is -2.28. The minimum absolute atomic E-state index is 0.0405. The van der Waals surface area contributed by atoms with Gasteiger partial charge in [-0.1, -0.05) is 0 Å². The van der Waals surface area contributed by atoms with Gasteiger partial charge in [-0.3, -0.25) is 9.59 Å². The second kappa shape index (κ2) is 7.19. The minimum atomic E-state index is -0.0913. The molecule has 1 aliphatic rings. The molecular weight excluding hydrogens is 272 g/mol. The van der Waals surface area contributed by atoms with Gasteiger partial charge in [0.05, 0.1) is 19.6 Å². The number of rotatable bonds is 5. The van der Waals surface area contributed by atoms with Crippen molar-refractivity contribution in [1.29, 1.82) is 0 Å².